The van der Waals surface area contributed by atoms with Crippen molar-refractivity contribution in [2.75, 3.05) is 36.8 Å². The van der Waals surface area contributed by atoms with Crippen LogP contribution in [0.4, 0.5) is 5.82 Å². The number of hydrogen-bond donors (Lipinski definition) is 2. The largest absolute Gasteiger partial charge is 0.356 e. The van der Waals surface area contributed by atoms with E-state index in [1.165, 1.54) is 11.8 Å². The molecule has 1 aromatic heterocycles. The number of amides is 2. The summed E-state index contributed by atoms with van der Waals surface area (Å²) in [6.45, 7) is 4.87. The summed E-state index contributed by atoms with van der Waals surface area (Å²) in [5, 5.41) is 15.9. The lowest BCUT2D eigenvalue weighted by atomic mass is 9.97. The number of benzene rings is 1. The highest BCUT2D eigenvalue weighted by atomic mass is 35.5. The Balaban J connectivity index is 1.40. The van der Waals surface area contributed by atoms with Crippen molar-refractivity contribution in [2.24, 2.45) is 5.92 Å². The van der Waals surface area contributed by atoms with Gasteiger partial charge in [-0.1, -0.05) is 42.4 Å². The molecule has 7 nitrogen and oxygen atoms in total. The summed E-state index contributed by atoms with van der Waals surface area (Å²) in [4.78, 5) is 26.5. The molecule has 2 N–H and O–H groups in total. The van der Waals surface area contributed by atoms with Crippen molar-refractivity contribution >= 4 is 41.0 Å². The van der Waals surface area contributed by atoms with Crippen LogP contribution in [0.2, 0.25) is 5.02 Å². The van der Waals surface area contributed by atoms with Gasteiger partial charge in [-0.15, -0.1) is 10.2 Å². The van der Waals surface area contributed by atoms with Gasteiger partial charge in [0.05, 0.1) is 11.7 Å². The Labute approximate surface area is 198 Å². The van der Waals surface area contributed by atoms with Crippen molar-refractivity contribution < 1.29 is 9.59 Å². The molecule has 2 aromatic rings. The molecule has 1 fully saturated rings. The fraction of sp³-hybridized carbons (Fsp3) is 0.478. The van der Waals surface area contributed by atoms with E-state index in [1.807, 2.05) is 43.3 Å². The van der Waals surface area contributed by atoms with E-state index in [1.54, 1.807) is 0 Å². The number of aromatic nitrogens is 2. The first-order valence-electron chi connectivity index (χ1n) is 11.1. The van der Waals surface area contributed by atoms with Crippen LogP contribution in [0.5, 0.6) is 0 Å². The standard InChI is InChI=1S/C23H30ClN5O2S/c1-2-12-26-23(31)18-4-3-14-29(15-18)20-9-10-22(28-27-20)32-16-21(30)25-13-11-17-5-7-19(24)8-6-17/h5-10,18H,2-4,11-16H2,1H3,(H,25,30)(H,26,31)/t18-/m1/s1. The van der Waals surface area contributed by atoms with Crippen LogP contribution >= 0.6 is 23.4 Å². The number of rotatable bonds is 10. The van der Waals surface area contributed by atoms with Crippen LogP contribution in [0.1, 0.15) is 31.7 Å². The van der Waals surface area contributed by atoms with Gasteiger partial charge in [-0.05, 0) is 55.5 Å². The zero-order valence-electron chi connectivity index (χ0n) is 18.3. The number of hydrogen-bond acceptors (Lipinski definition) is 6. The molecule has 3 rings (SSSR count). The number of nitrogens with one attached hydrogen (secondary N) is 2. The minimum absolute atomic E-state index is 0.0114. The molecule has 2 amide bonds. The fourth-order valence-corrected chi connectivity index (χ4v) is 4.31. The van der Waals surface area contributed by atoms with E-state index in [2.05, 4.69) is 25.7 Å². The molecule has 0 spiro atoms. The molecule has 2 heterocycles. The number of thioether (sulfide) groups is 1. The van der Waals surface area contributed by atoms with Crippen LogP contribution in [-0.4, -0.2) is 53.9 Å². The van der Waals surface area contributed by atoms with Crippen molar-refractivity contribution in [3.63, 3.8) is 0 Å². The molecule has 1 aliphatic heterocycles. The fourth-order valence-electron chi connectivity index (χ4n) is 3.54. The Morgan fingerprint density at radius 2 is 1.94 bits per heavy atom. The zero-order valence-corrected chi connectivity index (χ0v) is 19.9. The molecule has 0 unspecified atom stereocenters. The van der Waals surface area contributed by atoms with Crippen molar-refractivity contribution in [3.8, 4) is 0 Å². The van der Waals surface area contributed by atoms with E-state index >= 15 is 0 Å². The van der Waals surface area contributed by atoms with Crippen molar-refractivity contribution in [2.45, 2.75) is 37.6 Å². The summed E-state index contributed by atoms with van der Waals surface area (Å²) in [6.07, 6.45) is 3.56. The minimum Gasteiger partial charge on any atom is -0.356 e. The molecule has 172 valence electrons. The Kier molecular flexibility index (Phi) is 9.62. The van der Waals surface area contributed by atoms with Gasteiger partial charge < -0.3 is 15.5 Å². The third-order valence-electron chi connectivity index (χ3n) is 5.29. The molecule has 1 aliphatic rings. The van der Waals surface area contributed by atoms with Crippen LogP contribution in [-0.2, 0) is 16.0 Å². The summed E-state index contributed by atoms with van der Waals surface area (Å²) in [5.41, 5.74) is 1.13. The molecule has 0 bridgehead atoms. The first kappa shape index (κ1) is 24.3. The lowest BCUT2D eigenvalue weighted by Crippen LogP contribution is -2.43. The predicted molar refractivity (Wildman–Crippen MR) is 129 cm³/mol. The summed E-state index contributed by atoms with van der Waals surface area (Å²) in [6, 6.07) is 11.4. The SMILES string of the molecule is CCCNC(=O)[C@@H]1CCCN(c2ccc(SCC(=O)NCCc3ccc(Cl)cc3)nn2)C1. The Bertz CT molecular complexity index is 879. The molecule has 9 heteroatoms. The van der Waals surface area contributed by atoms with Crippen LogP contribution < -0.4 is 15.5 Å². The molecule has 1 saturated heterocycles. The maximum atomic E-state index is 12.3. The third kappa shape index (κ3) is 7.67. The van der Waals surface area contributed by atoms with E-state index in [0.717, 1.165) is 50.2 Å². The lowest BCUT2D eigenvalue weighted by molar-refractivity contribution is -0.125. The molecular weight excluding hydrogens is 446 g/mol. The molecule has 0 aliphatic carbocycles. The Morgan fingerprint density at radius 1 is 1.12 bits per heavy atom. The van der Waals surface area contributed by atoms with Gasteiger partial charge in [0, 0.05) is 31.2 Å². The molecule has 0 saturated carbocycles. The van der Waals surface area contributed by atoms with Crippen LogP contribution in [0.25, 0.3) is 0 Å². The van der Waals surface area contributed by atoms with Gasteiger partial charge in [-0.3, -0.25) is 9.59 Å². The number of carbonyl (C=O) groups excluding carboxylic acids is 2. The van der Waals surface area contributed by atoms with Gasteiger partial charge in [0.15, 0.2) is 5.82 Å². The quantitative estimate of drug-likeness (QED) is 0.512. The average Bonchev–Trinajstić information content (AvgIpc) is 2.83. The zero-order chi connectivity index (χ0) is 22.8. The predicted octanol–water partition coefficient (Wildman–Crippen LogP) is 3.32. The number of nitrogens with zero attached hydrogens (tertiary/aromatic N) is 3. The first-order valence-corrected chi connectivity index (χ1v) is 12.4. The van der Waals surface area contributed by atoms with Gasteiger partial charge in [0.25, 0.3) is 0 Å². The van der Waals surface area contributed by atoms with E-state index < -0.39 is 0 Å². The number of anilines is 1. The number of piperidine rings is 1. The summed E-state index contributed by atoms with van der Waals surface area (Å²) in [5.74, 6) is 1.14. The van der Waals surface area contributed by atoms with Crippen molar-refractivity contribution in [1.82, 2.24) is 20.8 Å². The van der Waals surface area contributed by atoms with Gasteiger partial charge in [0.1, 0.15) is 5.03 Å². The second kappa shape index (κ2) is 12.6. The van der Waals surface area contributed by atoms with E-state index in [0.29, 0.717) is 23.1 Å². The van der Waals surface area contributed by atoms with Crippen molar-refractivity contribution in [1.29, 1.82) is 0 Å². The Morgan fingerprint density at radius 3 is 2.66 bits per heavy atom. The second-order valence-electron chi connectivity index (χ2n) is 7.82. The average molecular weight is 476 g/mol. The highest BCUT2D eigenvalue weighted by Crippen LogP contribution is 2.23. The molecule has 0 radical (unpaired) electrons. The van der Waals surface area contributed by atoms with Gasteiger partial charge >= 0.3 is 0 Å². The summed E-state index contributed by atoms with van der Waals surface area (Å²) < 4.78 is 0. The first-order chi connectivity index (χ1) is 15.5. The number of halogens is 1. The molecule has 32 heavy (non-hydrogen) atoms. The summed E-state index contributed by atoms with van der Waals surface area (Å²) in [7, 11) is 0. The Hall–Kier alpha value is -2.32. The smallest absolute Gasteiger partial charge is 0.230 e. The van der Waals surface area contributed by atoms with Crippen LogP contribution in [0, 0.1) is 5.92 Å². The normalized spacial score (nSPS) is 15.9. The maximum Gasteiger partial charge on any atom is 0.230 e. The monoisotopic (exact) mass is 475 g/mol. The van der Waals surface area contributed by atoms with Crippen LogP contribution in [0.3, 0.4) is 0 Å². The van der Waals surface area contributed by atoms with E-state index in [-0.39, 0.29) is 23.5 Å². The highest BCUT2D eigenvalue weighted by Gasteiger charge is 2.26. The van der Waals surface area contributed by atoms with E-state index in [4.69, 9.17) is 11.6 Å². The van der Waals surface area contributed by atoms with Gasteiger partial charge in [-0.25, -0.2) is 0 Å². The maximum absolute atomic E-state index is 12.3. The topological polar surface area (TPSA) is 87.2 Å². The van der Waals surface area contributed by atoms with E-state index in [9.17, 15) is 9.59 Å². The third-order valence-corrected chi connectivity index (χ3v) is 6.46. The molecule has 1 atom stereocenters. The highest BCUT2D eigenvalue weighted by molar-refractivity contribution is 7.99. The minimum atomic E-state index is -0.0354. The second-order valence-corrected chi connectivity index (χ2v) is 9.25. The van der Waals surface area contributed by atoms with Crippen LogP contribution in [0.15, 0.2) is 41.4 Å². The molecule has 1 aromatic carbocycles. The van der Waals surface area contributed by atoms with Gasteiger partial charge in [0.2, 0.25) is 11.8 Å². The summed E-state index contributed by atoms with van der Waals surface area (Å²) >= 11 is 7.24. The molecular formula is C23H30ClN5O2S. The lowest BCUT2D eigenvalue weighted by Gasteiger charge is -2.32. The van der Waals surface area contributed by atoms with Gasteiger partial charge in [-0.2, -0.15) is 0 Å². The number of carbonyl (C=O) groups is 2. The van der Waals surface area contributed by atoms with Crippen molar-refractivity contribution in [3.05, 3.63) is 47.0 Å².